The molecule has 1 saturated heterocycles. The van der Waals surface area contributed by atoms with Crippen molar-refractivity contribution in [3.63, 3.8) is 0 Å². The van der Waals surface area contributed by atoms with Crippen molar-refractivity contribution in [1.82, 2.24) is 16.2 Å². The molecule has 0 spiro atoms. The SMILES string of the molecule is Cc1cccc(C2C(C)NNC2NC(=O)c2ccc3c(c2)OCO3)c1. The maximum absolute atomic E-state index is 12.7. The summed E-state index contributed by atoms with van der Waals surface area (Å²) in [6, 6.07) is 13.8. The van der Waals surface area contributed by atoms with Gasteiger partial charge >= 0.3 is 0 Å². The predicted molar refractivity (Wildman–Crippen MR) is 93.5 cm³/mol. The summed E-state index contributed by atoms with van der Waals surface area (Å²) in [7, 11) is 0. The molecule has 1 fully saturated rings. The Labute approximate surface area is 146 Å². The minimum Gasteiger partial charge on any atom is -0.454 e. The lowest BCUT2D eigenvalue weighted by molar-refractivity contribution is 0.0928. The Kier molecular flexibility index (Phi) is 4.07. The van der Waals surface area contributed by atoms with E-state index in [1.165, 1.54) is 11.1 Å². The van der Waals surface area contributed by atoms with Gasteiger partial charge in [0.25, 0.3) is 5.91 Å². The Hall–Kier alpha value is -2.57. The third-order valence-corrected chi connectivity index (χ3v) is 4.71. The standard InChI is InChI=1S/C19H21N3O3/c1-11-4-3-5-13(8-11)17-12(2)21-22-18(17)20-19(23)14-6-7-15-16(9-14)25-10-24-15/h3-9,12,17-18,21-22H,10H2,1-2H3,(H,20,23). The summed E-state index contributed by atoms with van der Waals surface area (Å²) in [5.41, 5.74) is 9.37. The van der Waals surface area contributed by atoms with Crippen molar-refractivity contribution < 1.29 is 14.3 Å². The van der Waals surface area contributed by atoms with Crippen molar-refractivity contribution in [2.75, 3.05) is 6.79 Å². The second-order valence-electron chi connectivity index (χ2n) is 6.54. The molecule has 6 heteroatoms. The first kappa shape index (κ1) is 15.9. The Morgan fingerprint density at radius 1 is 1.12 bits per heavy atom. The number of nitrogens with one attached hydrogen (secondary N) is 3. The van der Waals surface area contributed by atoms with E-state index in [4.69, 9.17) is 9.47 Å². The van der Waals surface area contributed by atoms with Gasteiger partial charge in [0, 0.05) is 17.5 Å². The lowest BCUT2D eigenvalue weighted by Crippen LogP contribution is -2.46. The molecule has 2 heterocycles. The lowest BCUT2D eigenvalue weighted by Gasteiger charge is -2.23. The van der Waals surface area contributed by atoms with Gasteiger partial charge in [-0.3, -0.25) is 10.2 Å². The maximum Gasteiger partial charge on any atom is 0.252 e. The van der Waals surface area contributed by atoms with Gasteiger partial charge in [-0.2, -0.15) is 0 Å². The molecule has 3 atom stereocenters. The lowest BCUT2D eigenvalue weighted by atomic mass is 9.90. The van der Waals surface area contributed by atoms with Gasteiger partial charge in [0.05, 0.1) is 0 Å². The molecule has 2 aromatic rings. The number of ether oxygens (including phenoxy) is 2. The quantitative estimate of drug-likeness (QED) is 0.798. The highest BCUT2D eigenvalue weighted by Gasteiger charge is 2.35. The van der Waals surface area contributed by atoms with Crippen LogP contribution in [-0.2, 0) is 0 Å². The maximum atomic E-state index is 12.7. The number of hydrogen-bond donors (Lipinski definition) is 3. The van der Waals surface area contributed by atoms with E-state index in [1.807, 2.05) is 6.07 Å². The molecule has 0 aliphatic carbocycles. The number of hydrogen-bond acceptors (Lipinski definition) is 5. The van der Waals surface area contributed by atoms with Crippen molar-refractivity contribution in [1.29, 1.82) is 0 Å². The molecule has 1 amide bonds. The molecule has 0 radical (unpaired) electrons. The first-order chi connectivity index (χ1) is 12.1. The Morgan fingerprint density at radius 3 is 2.80 bits per heavy atom. The summed E-state index contributed by atoms with van der Waals surface area (Å²) in [6.45, 7) is 4.37. The summed E-state index contributed by atoms with van der Waals surface area (Å²) in [5.74, 6) is 1.26. The van der Waals surface area contributed by atoms with E-state index in [2.05, 4.69) is 48.2 Å². The first-order valence-electron chi connectivity index (χ1n) is 8.40. The molecule has 0 aromatic heterocycles. The van der Waals surface area contributed by atoms with Crippen molar-refractivity contribution in [2.24, 2.45) is 0 Å². The van der Waals surface area contributed by atoms with Gasteiger partial charge < -0.3 is 14.8 Å². The average Bonchev–Trinajstić information content (AvgIpc) is 3.20. The van der Waals surface area contributed by atoms with Crippen LogP contribution in [0.15, 0.2) is 42.5 Å². The number of carbonyl (C=O) groups excluding carboxylic acids is 1. The summed E-state index contributed by atoms with van der Waals surface area (Å²) in [4.78, 5) is 12.7. The summed E-state index contributed by atoms with van der Waals surface area (Å²) in [6.07, 6.45) is -0.199. The van der Waals surface area contributed by atoms with E-state index >= 15 is 0 Å². The third kappa shape index (κ3) is 3.06. The Balaban J connectivity index is 1.53. The molecular weight excluding hydrogens is 318 g/mol. The highest BCUT2D eigenvalue weighted by molar-refractivity contribution is 5.95. The van der Waals surface area contributed by atoms with Gasteiger partial charge in [-0.25, -0.2) is 5.43 Å². The highest BCUT2D eigenvalue weighted by Crippen LogP contribution is 2.33. The number of carbonyl (C=O) groups is 1. The van der Waals surface area contributed by atoms with Crippen LogP contribution in [0.25, 0.3) is 0 Å². The predicted octanol–water partition coefficient (Wildman–Crippen LogP) is 2.06. The van der Waals surface area contributed by atoms with Crippen LogP contribution in [-0.4, -0.2) is 24.9 Å². The number of hydrazine groups is 1. The molecule has 2 aromatic carbocycles. The number of rotatable bonds is 3. The van der Waals surface area contributed by atoms with E-state index < -0.39 is 0 Å². The zero-order valence-electron chi connectivity index (χ0n) is 14.2. The zero-order valence-corrected chi connectivity index (χ0v) is 14.2. The fourth-order valence-corrected chi connectivity index (χ4v) is 3.44. The summed E-state index contributed by atoms with van der Waals surface area (Å²) >= 11 is 0. The van der Waals surface area contributed by atoms with E-state index in [-0.39, 0.29) is 30.8 Å². The highest BCUT2D eigenvalue weighted by atomic mass is 16.7. The molecule has 3 unspecified atom stereocenters. The summed E-state index contributed by atoms with van der Waals surface area (Å²) in [5, 5.41) is 3.08. The molecule has 130 valence electrons. The van der Waals surface area contributed by atoms with Crippen molar-refractivity contribution in [2.45, 2.75) is 32.0 Å². The molecule has 2 aliphatic heterocycles. The van der Waals surface area contributed by atoms with Crippen LogP contribution >= 0.6 is 0 Å². The summed E-state index contributed by atoms with van der Waals surface area (Å²) < 4.78 is 10.6. The second-order valence-corrected chi connectivity index (χ2v) is 6.54. The zero-order chi connectivity index (χ0) is 17.4. The fraction of sp³-hybridized carbons (Fsp3) is 0.316. The van der Waals surface area contributed by atoms with Crippen LogP contribution in [0, 0.1) is 6.92 Å². The van der Waals surface area contributed by atoms with E-state index in [9.17, 15) is 4.79 Å². The molecule has 3 N–H and O–H groups in total. The molecule has 4 rings (SSSR count). The normalized spacial score (nSPS) is 24.3. The van der Waals surface area contributed by atoms with Crippen molar-refractivity contribution in [3.8, 4) is 11.5 Å². The minimum atomic E-state index is -0.199. The molecular formula is C19H21N3O3. The second kappa shape index (κ2) is 6.38. The minimum absolute atomic E-state index is 0.137. The van der Waals surface area contributed by atoms with Crippen LogP contribution in [0.5, 0.6) is 11.5 Å². The van der Waals surface area contributed by atoms with Gasteiger partial charge in [0.1, 0.15) is 6.17 Å². The molecule has 6 nitrogen and oxygen atoms in total. The molecule has 0 saturated carbocycles. The average molecular weight is 339 g/mol. The smallest absolute Gasteiger partial charge is 0.252 e. The van der Waals surface area contributed by atoms with Crippen LogP contribution in [0.3, 0.4) is 0 Å². The third-order valence-electron chi connectivity index (χ3n) is 4.71. The number of amides is 1. The number of aryl methyl sites for hydroxylation is 1. The molecule has 2 aliphatic rings. The van der Waals surface area contributed by atoms with Crippen LogP contribution in [0.1, 0.15) is 34.3 Å². The largest absolute Gasteiger partial charge is 0.454 e. The molecule has 25 heavy (non-hydrogen) atoms. The molecule has 0 bridgehead atoms. The van der Waals surface area contributed by atoms with Gasteiger partial charge in [-0.1, -0.05) is 29.8 Å². The van der Waals surface area contributed by atoms with Gasteiger partial charge in [0.2, 0.25) is 6.79 Å². The van der Waals surface area contributed by atoms with Crippen LogP contribution in [0.2, 0.25) is 0 Å². The monoisotopic (exact) mass is 339 g/mol. The van der Waals surface area contributed by atoms with Gasteiger partial charge in [-0.15, -0.1) is 0 Å². The van der Waals surface area contributed by atoms with Crippen LogP contribution < -0.4 is 25.6 Å². The van der Waals surface area contributed by atoms with E-state index in [0.717, 1.165) is 0 Å². The van der Waals surface area contributed by atoms with Crippen molar-refractivity contribution >= 4 is 5.91 Å². The Bertz CT molecular complexity index is 808. The van der Waals surface area contributed by atoms with Gasteiger partial charge in [-0.05, 0) is 37.6 Å². The topological polar surface area (TPSA) is 71.6 Å². The van der Waals surface area contributed by atoms with Crippen molar-refractivity contribution in [3.05, 3.63) is 59.2 Å². The Morgan fingerprint density at radius 2 is 1.96 bits per heavy atom. The fourth-order valence-electron chi connectivity index (χ4n) is 3.44. The van der Waals surface area contributed by atoms with Crippen LogP contribution in [0.4, 0.5) is 0 Å². The number of fused-ring (bicyclic) bond motifs is 1. The first-order valence-corrected chi connectivity index (χ1v) is 8.40. The number of benzene rings is 2. The van der Waals surface area contributed by atoms with E-state index in [0.29, 0.717) is 17.1 Å². The van der Waals surface area contributed by atoms with E-state index in [1.54, 1.807) is 18.2 Å². The van der Waals surface area contributed by atoms with Gasteiger partial charge in [0.15, 0.2) is 11.5 Å².